The Morgan fingerprint density at radius 3 is 1.57 bits per heavy atom. The summed E-state index contributed by atoms with van der Waals surface area (Å²) in [6.45, 7) is 0. The molecule has 2 aromatic heterocycles. The third-order valence-corrected chi connectivity index (χ3v) is 13.4. The molecule has 0 amide bonds. The molecule has 0 bridgehead atoms. The van der Waals surface area contributed by atoms with Crippen LogP contribution in [0.5, 0.6) is 0 Å². The molecule has 10 rings (SSSR count). The fraction of sp³-hybridized carbons (Fsp3) is 0. The van der Waals surface area contributed by atoms with Crippen LogP contribution in [0.2, 0.25) is 0 Å². The molecule has 0 aliphatic carbocycles. The Morgan fingerprint density at radius 2 is 0.906 bits per heavy atom. The molecule has 0 fully saturated rings. The molecule has 0 spiro atoms. The van der Waals surface area contributed by atoms with Crippen molar-refractivity contribution in [1.29, 1.82) is 0 Å². The van der Waals surface area contributed by atoms with Crippen LogP contribution >= 0.6 is 7.14 Å². The van der Waals surface area contributed by atoms with Crippen molar-refractivity contribution in [3.8, 4) is 33.5 Å². The van der Waals surface area contributed by atoms with E-state index in [0.29, 0.717) is 0 Å². The van der Waals surface area contributed by atoms with Crippen LogP contribution in [0.3, 0.4) is 0 Å². The van der Waals surface area contributed by atoms with Gasteiger partial charge in [0.1, 0.15) is 11.2 Å². The normalized spacial score (nSPS) is 11.8. The Bertz CT molecular complexity index is 2950. The van der Waals surface area contributed by atoms with Crippen LogP contribution in [-0.4, -0.2) is 4.98 Å². The average molecular weight is 698 g/mol. The van der Waals surface area contributed by atoms with Gasteiger partial charge in [-0.2, -0.15) is 0 Å². The Kier molecular flexibility index (Phi) is 7.42. The Morgan fingerprint density at radius 1 is 0.396 bits per heavy atom. The number of aromatic nitrogens is 1. The minimum absolute atomic E-state index is 0.813. The number of furan rings is 1. The zero-order chi connectivity index (χ0) is 35.4. The van der Waals surface area contributed by atoms with E-state index < -0.39 is 7.14 Å². The standard InChI is InChI=1S/C49H32NO2P/c51-53(37-16-6-2-7-17-37,38-18-8-3-9-19-38)39-30-28-34(29-31-39)33-24-26-36(27-25-33)49-42-32-45-48(41-21-11-13-23-44(41)52-45)46(35-14-4-1-5-15-35)47(42)40-20-10-12-22-43(40)50-49/h1-32H. The van der Waals surface area contributed by atoms with Gasteiger partial charge in [-0.15, -0.1) is 0 Å². The van der Waals surface area contributed by atoms with Crippen LogP contribution in [0.15, 0.2) is 199 Å². The molecule has 0 saturated carbocycles. The van der Waals surface area contributed by atoms with Gasteiger partial charge in [-0.05, 0) is 34.9 Å². The second-order valence-electron chi connectivity index (χ2n) is 13.4. The van der Waals surface area contributed by atoms with Crippen molar-refractivity contribution >= 4 is 66.7 Å². The quantitative estimate of drug-likeness (QED) is 0.128. The molecule has 0 aliphatic rings. The summed E-state index contributed by atoms with van der Waals surface area (Å²) in [6, 6.07) is 65.9. The summed E-state index contributed by atoms with van der Waals surface area (Å²) in [7, 11) is -3.05. The number of benzene rings is 8. The molecule has 4 heteroatoms. The predicted octanol–water partition coefficient (Wildman–Crippen LogP) is 11.9. The van der Waals surface area contributed by atoms with Crippen molar-refractivity contribution < 1.29 is 8.98 Å². The number of rotatable bonds is 6. The van der Waals surface area contributed by atoms with Crippen molar-refractivity contribution in [2.24, 2.45) is 0 Å². The zero-order valence-corrected chi connectivity index (χ0v) is 29.6. The first-order chi connectivity index (χ1) is 26.2. The molecule has 0 saturated heterocycles. The lowest BCUT2D eigenvalue weighted by Gasteiger charge is -2.20. The minimum atomic E-state index is -3.05. The summed E-state index contributed by atoms with van der Waals surface area (Å²) >= 11 is 0. The van der Waals surface area contributed by atoms with Crippen LogP contribution in [0.4, 0.5) is 0 Å². The van der Waals surface area contributed by atoms with Gasteiger partial charge in [-0.25, -0.2) is 4.98 Å². The monoisotopic (exact) mass is 697 g/mol. The maximum absolute atomic E-state index is 14.9. The number of fused-ring (bicyclic) bond motifs is 6. The molecule has 3 nitrogen and oxygen atoms in total. The molecular formula is C49H32NO2P. The maximum atomic E-state index is 14.9. The summed E-state index contributed by atoms with van der Waals surface area (Å²) in [5.41, 5.74) is 9.01. The molecule has 10 aromatic rings. The van der Waals surface area contributed by atoms with Gasteiger partial charge in [0.15, 0.2) is 7.14 Å². The molecule has 0 aliphatic heterocycles. The topological polar surface area (TPSA) is 43.1 Å². The molecule has 53 heavy (non-hydrogen) atoms. The van der Waals surface area contributed by atoms with Crippen LogP contribution in [0.25, 0.3) is 77.1 Å². The summed E-state index contributed by atoms with van der Waals surface area (Å²) < 4.78 is 21.4. The van der Waals surface area contributed by atoms with E-state index in [4.69, 9.17) is 9.40 Å². The van der Waals surface area contributed by atoms with E-state index >= 15 is 0 Å². The van der Waals surface area contributed by atoms with Gasteiger partial charge in [0.25, 0.3) is 0 Å². The highest BCUT2D eigenvalue weighted by Gasteiger charge is 2.29. The van der Waals surface area contributed by atoms with Crippen molar-refractivity contribution in [3.63, 3.8) is 0 Å². The fourth-order valence-corrected chi connectivity index (χ4v) is 10.5. The highest BCUT2D eigenvalue weighted by Crippen LogP contribution is 2.46. The van der Waals surface area contributed by atoms with Gasteiger partial charge in [-0.1, -0.05) is 176 Å². The lowest BCUT2D eigenvalue weighted by atomic mass is 9.89. The summed E-state index contributed by atoms with van der Waals surface area (Å²) in [6.07, 6.45) is 0. The van der Waals surface area contributed by atoms with E-state index in [0.717, 1.165) is 93.0 Å². The summed E-state index contributed by atoms with van der Waals surface area (Å²) in [4.78, 5) is 5.30. The average Bonchev–Trinajstić information content (AvgIpc) is 3.61. The number of nitrogens with zero attached hydrogens (tertiary/aromatic N) is 1. The first-order valence-electron chi connectivity index (χ1n) is 17.8. The highest BCUT2D eigenvalue weighted by atomic mass is 31.2. The molecular weight excluding hydrogens is 666 g/mol. The second kappa shape index (κ2) is 12.6. The van der Waals surface area contributed by atoms with Crippen molar-refractivity contribution in [2.45, 2.75) is 0 Å². The van der Waals surface area contributed by atoms with Crippen LogP contribution in [-0.2, 0) is 4.57 Å². The van der Waals surface area contributed by atoms with Crippen molar-refractivity contribution in [1.82, 2.24) is 4.98 Å². The third kappa shape index (κ3) is 5.12. The van der Waals surface area contributed by atoms with Gasteiger partial charge in [0, 0.05) is 54.0 Å². The molecule has 0 N–H and O–H groups in total. The van der Waals surface area contributed by atoms with Crippen LogP contribution in [0, 0.1) is 0 Å². The molecule has 0 atom stereocenters. The van der Waals surface area contributed by atoms with Gasteiger partial charge >= 0.3 is 0 Å². The number of hydrogen-bond donors (Lipinski definition) is 0. The number of hydrogen-bond acceptors (Lipinski definition) is 3. The number of pyridine rings is 1. The molecule has 0 unspecified atom stereocenters. The van der Waals surface area contributed by atoms with E-state index in [2.05, 4.69) is 109 Å². The minimum Gasteiger partial charge on any atom is -0.456 e. The second-order valence-corrected chi connectivity index (χ2v) is 16.2. The molecule has 0 radical (unpaired) electrons. The maximum Gasteiger partial charge on any atom is 0.171 e. The lowest BCUT2D eigenvalue weighted by molar-refractivity contribution is 0.592. The lowest BCUT2D eigenvalue weighted by Crippen LogP contribution is -2.24. The van der Waals surface area contributed by atoms with E-state index in [9.17, 15) is 4.57 Å². The van der Waals surface area contributed by atoms with Crippen molar-refractivity contribution in [2.75, 3.05) is 0 Å². The Labute approximate surface area is 307 Å². The fourth-order valence-electron chi connectivity index (χ4n) is 7.84. The van der Waals surface area contributed by atoms with Crippen molar-refractivity contribution in [3.05, 3.63) is 194 Å². The van der Waals surface area contributed by atoms with E-state index in [1.54, 1.807) is 0 Å². The molecule has 8 aromatic carbocycles. The third-order valence-electron chi connectivity index (χ3n) is 10.4. The molecule has 2 heterocycles. The van der Waals surface area contributed by atoms with Gasteiger partial charge in [0.05, 0.1) is 11.2 Å². The first kappa shape index (κ1) is 31.2. The Hall–Kier alpha value is -6.54. The van der Waals surface area contributed by atoms with E-state index in [-0.39, 0.29) is 0 Å². The van der Waals surface area contributed by atoms with Crippen LogP contribution in [0.1, 0.15) is 0 Å². The summed E-state index contributed by atoms with van der Waals surface area (Å²) in [5, 5.41) is 8.00. The highest BCUT2D eigenvalue weighted by molar-refractivity contribution is 7.85. The van der Waals surface area contributed by atoms with E-state index in [1.165, 1.54) is 0 Å². The van der Waals surface area contributed by atoms with Gasteiger partial charge in [-0.3, -0.25) is 0 Å². The number of para-hydroxylation sites is 2. The van der Waals surface area contributed by atoms with Gasteiger partial charge in [0.2, 0.25) is 0 Å². The molecule has 250 valence electrons. The zero-order valence-electron chi connectivity index (χ0n) is 28.7. The predicted molar refractivity (Wildman–Crippen MR) is 222 cm³/mol. The van der Waals surface area contributed by atoms with Crippen LogP contribution < -0.4 is 15.9 Å². The Balaban J connectivity index is 1.12. The SMILES string of the molecule is O=P(c1ccccc1)(c1ccccc1)c1ccc(-c2ccc(-c3nc4ccccc4c4c(-c5ccccc5)c5c(cc34)oc3ccccc35)cc2)cc1. The first-order valence-corrected chi connectivity index (χ1v) is 19.5. The van der Waals surface area contributed by atoms with Gasteiger partial charge < -0.3 is 8.98 Å². The smallest absolute Gasteiger partial charge is 0.171 e. The van der Waals surface area contributed by atoms with E-state index in [1.807, 2.05) is 84.9 Å². The largest absolute Gasteiger partial charge is 0.456 e. The summed E-state index contributed by atoms with van der Waals surface area (Å²) in [5.74, 6) is 0.